The molecule has 1 amide bonds. The van der Waals surface area contributed by atoms with Crippen LogP contribution in [0, 0.1) is 0 Å². The van der Waals surface area contributed by atoms with Crippen LogP contribution in [0.4, 0.5) is 5.69 Å². The lowest BCUT2D eigenvalue weighted by atomic mass is 10.1. The summed E-state index contributed by atoms with van der Waals surface area (Å²) in [5.74, 6) is -0.00414. The fraction of sp³-hybridized carbons (Fsp3) is 0.533. The summed E-state index contributed by atoms with van der Waals surface area (Å²) in [5.41, 5.74) is 2.13. The molecule has 0 bridgehead atoms. The third-order valence-electron chi connectivity index (χ3n) is 3.85. The number of carbonyl (C=O) groups excluding carboxylic acids is 1. The topological polar surface area (TPSA) is 50.4 Å². The summed E-state index contributed by atoms with van der Waals surface area (Å²) in [5, 5.41) is 6.29. The Hall–Kier alpha value is -1.39. The highest BCUT2D eigenvalue weighted by molar-refractivity contribution is 5.95. The van der Waals surface area contributed by atoms with Crippen LogP contribution in [-0.4, -0.2) is 31.2 Å². The first-order valence-electron chi connectivity index (χ1n) is 7.08. The molecule has 2 atom stereocenters. The lowest BCUT2D eigenvalue weighted by molar-refractivity contribution is -0.132. The summed E-state index contributed by atoms with van der Waals surface area (Å²) in [6.45, 7) is 1.92. The highest BCUT2D eigenvalue weighted by Crippen LogP contribution is 2.23. The number of hydrogen-bond acceptors (Lipinski definition) is 3. The van der Waals surface area contributed by atoms with Gasteiger partial charge >= 0.3 is 0 Å². The van der Waals surface area contributed by atoms with Gasteiger partial charge in [0.15, 0.2) is 0 Å². The minimum absolute atomic E-state index is 0.00414. The molecule has 4 nitrogen and oxygen atoms in total. The molecule has 0 aliphatic carbocycles. The van der Waals surface area contributed by atoms with Gasteiger partial charge in [-0.2, -0.15) is 0 Å². The van der Waals surface area contributed by atoms with Gasteiger partial charge in [0.1, 0.15) is 6.10 Å². The maximum atomic E-state index is 12.2. The van der Waals surface area contributed by atoms with Gasteiger partial charge in [-0.15, -0.1) is 0 Å². The Balaban J connectivity index is 1.66. The number of amides is 1. The van der Waals surface area contributed by atoms with Crippen molar-refractivity contribution in [3.8, 4) is 0 Å². The fourth-order valence-electron chi connectivity index (χ4n) is 2.79. The minimum Gasteiger partial charge on any atom is -0.364 e. The molecule has 2 unspecified atom stereocenters. The Morgan fingerprint density at radius 2 is 2.11 bits per heavy atom. The molecule has 0 radical (unpaired) electrons. The van der Waals surface area contributed by atoms with E-state index in [2.05, 4.69) is 16.7 Å². The van der Waals surface area contributed by atoms with Crippen molar-refractivity contribution in [2.24, 2.45) is 0 Å². The van der Waals surface area contributed by atoms with Crippen LogP contribution in [0.1, 0.15) is 24.8 Å². The lowest BCUT2D eigenvalue weighted by Crippen LogP contribution is -2.40. The minimum atomic E-state index is -0.322. The van der Waals surface area contributed by atoms with Crippen molar-refractivity contribution in [2.75, 3.05) is 18.4 Å². The van der Waals surface area contributed by atoms with Gasteiger partial charge < -0.3 is 15.4 Å². The van der Waals surface area contributed by atoms with E-state index in [0.717, 1.165) is 44.5 Å². The van der Waals surface area contributed by atoms with Crippen LogP contribution < -0.4 is 10.6 Å². The largest absolute Gasteiger partial charge is 0.364 e. The van der Waals surface area contributed by atoms with E-state index < -0.39 is 0 Å². The number of fused-ring (bicyclic) bond motifs is 1. The van der Waals surface area contributed by atoms with Gasteiger partial charge in [-0.05, 0) is 43.9 Å². The number of benzene rings is 1. The average Bonchev–Trinajstić information content (AvgIpc) is 2.60. The highest BCUT2D eigenvalue weighted by atomic mass is 16.5. The zero-order valence-corrected chi connectivity index (χ0v) is 11.0. The van der Waals surface area contributed by atoms with Crippen LogP contribution in [0.25, 0.3) is 0 Å². The normalized spacial score (nSPS) is 27.3. The second-order valence-corrected chi connectivity index (χ2v) is 5.28. The Kier molecular flexibility index (Phi) is 3.80. The van der Waals surface area contributed by atoms with E-state index in [-0.39, 0.29) is 18.1 Å². The van der Waals surface area contributed by atoms with Crippen molar-refractivity contribution in [2.45, 2.75) is 37.9 Å². The molecule has 0 saturated carbocycles. The number of anilines is 1. The van der Waals surface area contributed by atoms with E-state index in [4.69, 9.17) is 4.74 Å². The standard InChI is InChI=1S/C15H20N2O2/c18-15-14(19-12-5-3-9-16-10-12)8-7-11-4-1-2-6-13(11)17-15/h1-2,4,6,12,14,16H,3,5,7-10H2,(H,17,18). The predicted molar refractivity (Wildman–Crippen MR) is 74.2 cm³/mol. The summed E-state index contributed by atoms with van der Waals surface area (Å²) in [4.78, 5) is 12.2. The molecular formula is C15H20N2O2. The van der Waals surface area contributed by atoms with Gasteiger partial charge in [0.25, 0.3) is 5.91 Å². The van der Waals surface area contributed by atoms with Crippen LogP contribution in [0.2, 0.25) is 0 Å². The van der Waals surface area contributed by atoms with Crippen LogP contribution in [0.3, 0.4) is 0 Å². The Bertz CT molecular complexity index is 455. The second kappa shape index (κ2) is 5.72. The zero-order valence-electron chi connectivity index (χ0n) is 11.0. The van der Waals surface area contributed by atoms with Crippen molar-refractivity contribution in [1.29, 1.82) is 0 Å². The summed E-state index contributed by atoms with van der Waals surface area (Å²) >= 11 is 0. The molecule has 2 aliphatic rings. The Morgan fingerprint density at radius 1 is 1.21 bits per heavy atom. The maximum Gasteiger partial charge on any atom is 0.253 e. The molecule has 102 valence electrons. The zero-order chi connectivity index (χ0) is 13.1. The number of rotatable bonds is 2. The lowest BCUT2D eigenvalue weighted by Gasteiger charge is -2.26. The molecule has 0 spiro atoms. The van der Waals surface area contributed by atoms with Crippen molar-refractivity contribution in [1.82, 2.24) is 5.32 Å². The fourth-order valence-corrected chi connectivity index (χ4v) is 2.79. The number of para-hydroxylation sites is 1. The molecule has 2 heterocycles. The molecule has 19 heavy (non-hydrogen) atoms. The molecule has 2 N–H and O–H groups in total. The summed E-state index contributed by atoms with van der Waals surface area (Å²) in [6, 6.07) is 7.99. The molecule has 2 aliphatic heterocycles. The number of nitrogens with one attached hydrogen (secondary N) is 2. The van der Waals surface area contributed by atoms with Crippen molar-refractivity contribution in [3.63, 3.8) is 0 Å². The molecule has 1 aromatic carbocycles. The predicted octanol–water partition coefficient (Wildman–Crippen LogP) is 1.71. The van der Waals surface area contributed by atoms with E-state index in [1.165, 1.54) is 5.56 Å². The third-order valence-corrected chi connectivity index (χ3v) is 3.85. The van der Waals surface area contributed by atoms with Crippen molar-refractivity contribution >= 4 is 11.6 Å². The smallest absolute Gasteiger partial charge is 0.253 e. The molecule has 0 aromatic heterocycles. The van der Waals surface area contributed by atoms with E-state index >= 15 is 0 Å². The summed E-state index contributed by atoms with van der Waals surface area (Å²) < 4.78 is 5.98. The van der Waals surface area contributed by atoms with Crippen molar-refractivity contribution < 1.29 is 9.53 Å². The molecule has 4 heteroatoms. The van der Waals surface area contributed by atoms with Gasteiger partial charge in [0.2, 0.25) is 0 Å². The van der Waals surface area contributed by atoms with E-state index in [1.54, 1.807) is 0 Å². The van der Waals surface area contributed by atoms with Crippen LogP contribution in [0.15, 0.2) is 24.3 Å². The van der Waals surface area contributed by atoms with Crippen LogP contribution >= 0.6 is 0 Å². The quantitative estimate of drug-likeness (QED) is 0.851. The molecule has 1 fully saturated rings. The Morgan fingerprint density at radius 3 is 2.95 bits per heavy atom. The number of ether oxygens (including phenoxy) is 1. The van der Waals surface area contributed by atoms with Gasteiger partial charge in [-0.1, -0.05) is 18.2 Å². The van der Waals surface area contributed by atoms with Gasteiger partial charge in [-0.25, -0.2) is 0 Å². The van der Waals surface area contributed by atoms with Crippen LogP contribution in [0.5, 0.6) is 0 Å². The van der Waals surface area contributed by atoms with Gasteiger partial charge in [0, 0.05) is 12.2 Å². The first-order valence-corrected chi connectivity index (χ1v) is 7.08. The van der Waals surface area contributed by atoms with Gasteiger partial charge in [-0.3, -0.25) is 4.79 Å². The van der Waals surface area contributed by atoms with E-state index in [9.17, 15) is 4.79 Å². The summed E-state index contributed by atoms with van der Waals surface area (Å²) in [6.07, 6.45) is 3.67. The first-order chi connectivity index (χ1) is 9.33. The molecule has 1 aromatic rings. The Labute approximate surface area is 113 Å². The second-order valence-electron chi connectivity index (χ2n) is 5.28. The molecular weight excluding hydrogens is 240 g/mol. The SMILES string of the molecule is O=C1Nc2ccccc2CCC1OC1CCCNC1. The third kappa shape index (κ3) is 2.96. The molecule has 3 rings (SSSR count). The molecule has 1 saturated heterocycles. The van der Waals surface area contributed by atoms with Crippen molar-refractivity contribution in [3.05, 3.63) is 29.8 Å². The number of piperidine rings is 1. The number of carbonyl (C=O) groups is 1. The average molecular weight is 260 g/mol. The first kappa shape index (κ1) is 12.6. The highest BCUT2D eigenvalue weighted by Gasteiger charge is 2.27. The van der Waals surface area contributed by atoms with E-state index in [0.29, 0.717) is 0 Å². The summed E-state index contributed by atoms with van der Waals surface area (Å²) in [7, 11) is 0. The monoisotopic (exact) mass is 260 g/mol. The van der Waals surface area contributed by atoms with E-state index in [1.807, 2.05) is 18.2 Å². The maximum absolute atomic E-state index is 12.2. The number of aryl methyl sites for hydroxylation is 1. The number of hydrogen-bond donors (Lipinski definition) is 2. The van der Waals surface area contributed by atoms with Gasteiger partial charge in [0.05, 0.1) is 6.10 Å². The van der Waals surface area contributed by atoms with Crippen LogP contribution in [-0.2, 0) is 16.0 Å².